The highest BCUT2D eigenvalue weighted by atomic mass is 35.5. The number of benzene rings is 3. The molecule has 0 fully saturated rings. The van der Waals surface area contributed by atoms with Crippen LogP contribution in [-0.2, 0) is 11.8 Å². The molecule has 1 aliphatic heterocycles. The molecular weight excluding hydrogens is 483 g/mol. The van der Waals surface area contributed by atoms with Crippen LogP contribution in [0.3, 0.4) is 0 Å². The Balaban J connectivity index is 1.70. The van der Waals surface area contributed by atoms with E-state index in [1.54, 1.807) is 40.7 Å². The summed E-state index contributed by atoms with van der Waals surface area (Å²) in [5.41, 5.74) is 2.73. The lowest BCUT2D eigenvalue weighted by molar-refractivity contribution is -0.113. The van der Waals surface area contributed by atoms with Crippen molar-refractivity contribution in [1.82, 2.24) is 9.36 Å². The van der Waals surface area contributed by atoms with Crippen molar-refractivity contribution >= 4 is 46.7 Å². The van der Waals surface area contributed by atoms with Crippen LogP contribution < -0.4 is 10.5 Å². The number of amidine groups is 1. The average Bonchev–Trinajstić information content (AvgIpc) is 3.28. The molecule has 0 N–H and O–H groups in total. The molecule has 35 heavy (non-hydrogen) atoms. The van der Waals surface area contributed by atoms with Crippen LogP contribution in [0.1, 0.15) is 16.8 Å². The van der Waals surface area contributed by atoms with Gasteiger partial charge in [-0.2, -0.15) is 0 Å². The van der Waals surface area contributed by atoms with Gasteiger partial charge in [0.15, 0.2) is 0 Å². The maximum atomic E-state index is 13.8. The Morgan fingerprint density at radius 3 is 2.20 bits per heavy atom. The quantitative estimate of drug-likeness (QED) is 0.339. The minimum Gasteiger partial charge on any atom is -0.283 e. The Kier molecular flexibility index (Phi) is 5.93. The van der Waals surface area contributed by atoms with Gasteiger partial charge in [-0.15, -0.1) is 0 Å². The normalized spacial score (nSPS) is 14.6. The van der Waals surface area contributed by atoms with Crippen molar-refractivity contribution in [1.29, 1.82) is 0 Å². The summed E-state index contributed by atoms with van der Waals surface area (Å²) >= 11 is 12.4. The van der Waals surface area contributed by atoms with Gasteiger partial charge in [-0.3, -0.25) is 19.2 Å². The minimum absolute atomic E-state index is 0.169. The highest BCUT2D eigenvalue weighted by Gasteiger charge is 2.37. The lowest BCUT2D eigenvalue weighted by atomic mass is 10.1. The van der Waals surface area contributed by atoms with E-state index in [9.17, 15) is 9.59 Å². The summed E-state index contributed by atoms with van der Waals surface area (Å²) in [4.78, 5) is 33.5. The van der Waals surface area contributed by atoms with Gasteiger partial charge >= 0.3 is 0 Å². The van der Waals surface area contributed by atoms with E-state index < -0.39 is 5.91 Å². The Labute approximate surface area is 211 Å². The Hall–Kier alpha value is -3.87. The SMILES string of the molecule is Cc1c(N2C(=O)C(=Cc3ccc(Cl)cc3Cl)N=C2c2ccccc2)c(=O)n(-c2ccccc2)n1C. The summed E-state index contributed by atoms with van der Waals surface area (Å²) in [5, 5.41) is 0.890. The van der Waals surface area contributed by atoms with Gasteiger partial charge in [0.2, 0.25) is 0 Å². The van der Waals surface area contributed by atoms with Gasteiger partial charge in [0, 0.05) is 22.7 Å². The number of amides is 1. The summed E-state index contributed by atoms with van der Waals surface area (Å²) in [6.07, 6.45) is 1.61. The van der Waals surface area contributed by atoms with Crippen molar-refractivity contribution in [3.05, 3.63) is 122 Å². The van der Waals surface area contributed by atoms with Crippen molar-refractivity contribution in [2.45, 2.75) is 6.92 Å². The number of rotatable bonds is 4. The highest BCUT2D eigenvalue weighted by molar-refractivity contribution is 6.36. The van der Waals surface area contributed by atoms with Crippen LogP contribution in [0.4, 0.5) is 5.69 Å². The van der Waals surface area contributed by atoms with Crippen LogP contribution in [-0.4, -0.2) is 21.1 Å². The maximum absolute atomic E-state index is 13.8. The number of halogens is 2. The Morgan fingerprint density at radius 1 is 0.886 bits per heavy atom. The largest absolute Gasteiger partial charge is 0.296 e. The summed E-state index contributed by atoms with van der Waals surface area (Å²) in [6.45, 7) is 1.81. The lowest BCUT2D eigenvalue weighted by Gasteiger charge is -2.17. The van der Waals surface area contributed by atoms with Gasteiger partial charge in [0.05, 0.1) is 11.4 Å². The molecule has 0 saturated heterocycles. The van der Waals surface area contributed by atoms with Crippen LogP contribution in [0.25, 0.3) is 11.8 Å². The molecule has 0 bridgehead atoms. The molecule has 0 atom stereocenters. The van der Waals surface area contributed by atoms with Crippen molar-refractivity contribution in [3.8, 4) is 5.69 Å². The van der Waals surface area contributed by atoms with Crippen LogP contribution in [0, 0.1) is 6.92 Å². The fourth-order valence-electron chi connectivity index (χ4n) is 4.08. The van der Waals surface area contributed by atoms with E-state index >= 15 is 0 Å². The molecule has 1 aliphatic rings. The number of hydrogen-bond donors (Lipinski definition) is 0. The van der Waals surface area contributed by atoms with Crippen molar-refractivity contribution in [2.24, 2.45) is 12.0 Å². The van der Waals surface area contributed by atoms with Gasteiger partial charge in [-0.25, -0.2) is 9.67 Å². The van der Waals surface area contributed by atoms with E-state index in [-0.39, 0.29) is 16.9 Å². The molecule has 0 saturated carbocycles. The predicted molar refractivity (Wildman–Crippen MR) is 141 cm³/mol. The molecule has 0 radical (unpaired) electrons. The zero-order valence-electron chi connectivity index (χ0n) is 18.9. The number of anilines is 1. The molecule has 4 aromatic rings. The van der Waals surface area contributed by atoms with Crippen molar-refractivity contribution < 1.29 is 4.79 Å². The Bertz CT molecular complexity index is 1570. The van der Waals surface area contributed by atoms with Gasteiger partial charge in [-0.05, 0) is 42.8 Å². The summed E-state index contributed by atoms with van der Waals surface area (Å²) in [7, 11) is 1.79. The third-order valence-electron chi connectivity index (χ3n) is 5.89. The highest BCUT2D eigenvalue weighted by Crippen LogP contribution is 2.30. The molecule has 0 aliphatic carbocycles. The zero-order valence-corrected chi connectivity index (χ0v) is 20.5. The number of carbonyl (C=O) groups is 1. The molecule has 0 spiro atoms. The molecule has 1 aromatic heterocycles. The second kappa shape index (κ2) is 9.06. The molecule has 6 nitrogen and oxygen atoms in total. The standard InChI is InChI=1S/C27H20Cl2N4O2/c1-17-24(27(35)33(31(17)2)21-11-7-4-8-12-21)32-25(18-9-5-3-6-10-18)30-23(26(32)34)15-19-13-14-20(28)16-22(19)29/h3-16H,1-2H3. The van der Waals surface area contributed by atoms with Crippen LogP contribution in [0.15, 0.2) is 94.3 Å². The number of nitrogens with zero attached hydrogens (tertiary/aromatic N) is 4. The number of para-hydroxylation sites is 1. The molecule has 2 heterocycles. The van der Waals surface area contributed by atoms with E-state index in [2.05, 4.69) is 4.99 Å². The third-order valence-corrected chi connectivity index (χ3v) is 6.46. The van der Waals surface area contributed by atoms with Crippen LogP contribution in [0.2, 0.25) is 10.0 Å². The van der Waals surface area contributed by atoms with E-state index in [1.165, 1.54) is 4.90 Å². The zero-order chi connectivity index (χ0) is 24.7. The van der Waals surface area contributed by atoms with E-state index in [1.807, 2.05) is 67.6 Å². The Morgan fingerprint density at radius 2 is 1.54 bits per heavy atom. The van der Waals surface area contributed by atoms with Crippen molar-refractivity contribution in [2.75, 3.05) is 4.90 Å². The van der Waals surface area contributed by atoms with E-state index in [0.29, 0.717) is 38.4 Å². The van der Waals surface area contributed by atoms with E-state index in [4.69, 9.17) is 23.2 Å². The van der Waals surface area contributed by atoms with Gasteiger partial charge in [-0.1, -0.05) is 77.8 Å². The number of hydrogen-bond acceptors (Lipinski definition) is 3. The lowest BCUT2D eigenvalue weighted by Crippen LogP contribution is -2.36. The molecule has 3 aromatic carbocycles. The van der Waals surface area contributed by atoms with Crippen molar-refractivity contribution in [3.63, 3.8) is 0 Å². The fourth-order valence-corrected chi connectivity index (χ4v) is 4.55. The number of aliphatic imine (C=N–C) groups is 1. The van der Waals surface area contributed by atoms with Crippen LogP contribution in [0.5, 0.6) is 0 Å². The first-order valence-electron chi connectivity index (χ1n) is 10.9. The number of aromatic nitrogens is 2. The van der Waals surface area contributed by atoms with E-state index in [0.717, 1.165) is 0 Å². The third kappa shape index (κ3) is 4.01. The summed E-state index contributed by atoms with van der Waals surface area (Å²) in [5.74, 6) is -0.0428. The first kappa shape index (κ1) is 22.9. The smallest absolute Gasteiger partial charge is 0.283 e. The minimum atomic E-state index is -0.416. The first-order chi connectivity index (χ1) is 16.9. The fraction of sp³-hybridized carbons (Fsp3) is 0.0741. The van der Waals surface area contributed by atoms with Gasteiger partial charge < -0.3 is 0 Å². The molecule has 174 valence electrons. The molecule has 1 amide bonds. The predicted octanol–water partition coefficient (Wildman–Crippen LogP) is 5.63. The maximum Gasteiger partial charge on any atom is 0.296 e. The molecule has 5 rings (SSSR count). The molecule has 8 heteroatoms. The first-order valence-corrected chi connectivity index (χ1v) is 11.6. The summed E-state index contributed by atoms with van der Waals surface area (Å²) in [6, 6.07) is 23.6. The van der Waals surface area contributed by atoms with Gasteiger partial charge in [0.1, 0.15) is 17.2 Å². The monoisotopic (exact) mass is 502 g/mol. The second-order valence-corrected chi connectivity index (χ2v) is 8.89. The second-order valence-electron chi connectivity index (χ2n) is 8.05. The average molecular weight is 503 g/mol. The topological polar surface area (TPSA) is 59.6 Å². The number of carbonyl (C=O) groups excluding carboxylic acids is 1. The van der Waals surface area contributed by atoms with Gasteiger partial charge in [0.25, 0.3) is 11.5 Å². The molecular formula is C27H20Cl2N4O2. The molecule has 0 unspecified atom stereocenters. The summed E-state index contributed by atoms with van der Waals surface area (Å²) < 4.78 is 3.28. The van der Waals surface area contributed by atoms with Crippen LogP contribution >= 0.6 is 23.2 Å².